The molecular weight excluding hydrogens is 288 g/mol. The van der Waals surface area contributed by atoms with Gasteiger partial charge in [-0.05, 0) is 81.9 Å². The van der Waals surface area contributed by atoms with E-state index in [0.29, 0.717) is 5.56 Å². The number of hydrogen-bond donors (Lipinski definition) is 1. The van der Waals surface area contributed by atoms with E-state index < -0.39 is 0 Å². The fourth-order valence-electron chi connectivity index (χ4n) is 3.31. The molecule has 0 aliphatic carbocycles. The summed E-state index contributed by atoms with van der Waals surface area (Å²) < 4.78 is 4.81. The fourth-order valence-corrected chi connectivity index (χ4v) is 3.31. The number of ether oxygens (including phenoxy) is 1. The third-order valence-corrected chi connectivity index (χ3v) is 4.66. The number of carbonyl (C=O) groups is 1. The first-order chi connectivity index (χ1) is 11.3. The van der Waals surface area contributed by atoms with E-state index in [1.807, 2.05) is 18.2 Å². The minimum atomic E-state index is -0.277. The molecule has 0 amide bonds. The topological polar surface area (TPSA) is 45.3 Å². The van der Waals surface area contributed by atoms with Crippen LogP contribution in [0.1, 0.15) is 41.6 Å². The van der Waals surface area contributed by atoms with Crippen LogP contribution in [0.2, 0.25) is 0 Å². The summed E-state index contributed by atoms with van der Waals surface area (Å²) in [6, 6.07) is 5.70. The van der Waals surface area contributed by atoms with Crippen LogP contribution in [0, 0.1) is 6.42 Å². The predicted molar refractivity (Wildman–Crippen MR) is 92.6 cm³/mol. The number of nitrogens with zero attached hydrogens (tertiary/aromatic N) is 1. The van der Waals surface area contributed by atoms with Gasteiger partial charge >= 0.3 is 5.97 Å². The highest BCUT2D eigenvalue weighted by atomic mass is 16.5. The van der Waals surface area contributed by atoms with Gasteiger partial charge in [0.25, 0.3) is 0 Å². The number of piperidine rings is 1. The average molecular weight is 313 g/mol. The van der Waals surface area contributed by atoms with E-state index in [1.165, 1.54) is 58.0 Å². The molecule has 0 spiro atoms. The van der Waals surface area contributed by atoms with E-state index in [0.717, 1.165) is 17.3 Å². The number of benzene rings is 1. The molecule has 4 heteroatoms. The van der Waals surface area contributed by atoms with Crippen LogP contribution < -0.4 is 0 Å². The molecule has 1 aromatic heterocycles. The molecule has 2 aromatic rings. The molecule has 2 heterocycles. The molecule has 4 nitrogen and oxygen atoms in total. The van der Waals surface area contributed by atoms with Crippen molar-refractivity contribution < 1.29 is 9.53 Å². The Hall–Kier alpha value is -1.81. The molecule has 123 valence electrons. The molecule has 0 saturated carbocycles. The minimum Gasteiger partial charge on any atom is -0.465 e. The number of hydrogen-bond acceptors (Lipinski definition) is 3. The number of nitrogens with one attached hydrogen (secondary N) is 1. The summed E-state index contributed by atoms with van der Waals surface area (Å²) in [6.45, 7) is 3.63. The van der Waals surface area contributed by atoms with Crippen molar-refractivity contribution >= 4 is 16.9 Å². The zero-order valence-electron chi connectivity index (χ0n) is 13.8. The van der Waals surface area contributed by atoms with E-state index in [4.69, 9.17) is 4.74 Å². The standard InChI is InChI=1S/C19H25N2O2/c1-23-19(22)15-8-9-18-17(13-15)16(14-20-18)7-3-6-12-21-10-4-2-5-11-21/h2,8-9,13-14,20H,3-7,10-12H2,1H3. The monoisotopic (exact) mass is 313 g/mol. The van der Waals surface area contributed by atoms with Crippen LogP contribution in [0.5, 0.6) is 0 Å². The van der Waals surface area contributed by atoms with Crippen molar-refractivity contribution in [2.75, 3.05) is 26.7 Å². The second-order valence-electron chi connectivity index (χ2n) is 6.23. The molecule has 3 rings (SSSR count). The van der Waals surface area contributed by atoms with Crippen molar-refractivity contribution in [3.63, 3.8) is 0 Å². The van der Waals surface area contributed by atoms with E-state index >= 15 is 0 Å². The maximum absolute atomic E-state index is 11.7. The number of aryl methyl sites for hydroxylation is 1. The molecule has 1 radical (unpaired) electrons. The maximum atomic E-state index is 11.7. The third kappa shape index (κ3) is 3.94. The number of aromatic nitrogens is 1. The van der Waals surface area contributed by atoms with Crippen LogP contribution in [-0.2, 0) is 11.2 Å². The second kappa shape index (κ2) is 7.64. The highest BCUT2D eigenvalue weighted by Crippen LogP contribution is 2.22. The van der Waals surface area contributed by atoms with Crippen molar-refractivity contribution in [1.29, 1.82) is 0 Å². The van der Waals surface area contributed by atoms with Gasteiger partial charge in [-0.1, -0.05) is 0 Å². The van der Waals surface area contributed by atoms with Crippen molar-refractivity contribution in [2.24, 2.45) is 0 Å². The van der Waals surface area contributed by atoms with Gasteiger partial charge in [-0.15, -0.1) is 0 Å². The number of unbranched alkanes of at least 4 members (excludes halogenated alkanes) is 1. The Morgan fingerprint density at radius 1 is 1.26 bits per heavy atom. The third-order valence-electron chi connectivity index (χ3n) is 4.66. The zero-order valence-corrected chi connectivity index (χ0v) is 13.8. The number of likely N-dealkylation sites (tertiary alicyclic amines) is 1. The summed E-state index contributed by atoms with van der Waals surface area (Å²) in [5, 5.41) is 1.14. The average Bonchev–Trinajstić information content (AvgIpc) is 3.01. The fraction of sp³-hybridized carbons (Fsp3) is 0.474. The SMILES string of the molecule is COC(=O)c1ccc2[nH]cc(CCCCN3CC[CH]CC3)c2c1. The second-order valence-corrected chi connectivity index (χ2v) is 6.23. The van der Waals surface area contributed by atoms with Crippen molar-refractivity contribution in [2.45, 2.75) is 32.1 Å². The Kier molecular flexibility index (Phi) is 5.34. The van der Waals surface area contributed by atoms with Crippen molar-refractivity contribution in [3.8, 4) is 0 Å². The van der Waals surface area contributed by atoms with Gasteiger partial charge in [0.15, 0.2) is 0 Å². The van der Waals surface area contributed by atoms with Gasteiger partial charge in [0.05, 0.1) is 12.7 Å². The molecule has 1 aliphatic heterocycles. The quantitative estimate of drug-likeness (QED) is 0.655. The molecule has 1 fully saturated rings. The minimum absolute atomic E-state index is 0.277. The number of carbonyl (C=O) groups excluding carboxylic acids is 1. The van der Waals surface area contributed by atoms with Crippen molar-refractivity contribution in [3.05, 3.63) is 41.9 Å². The summed E-state index contributed by atoms with van der Waals surface area (Å²) in [5.74, 6) is -0.277. The highest BCUT2D eigenvalue weighted by Gasteiger charge is 2.11. The van der Waals surface area contributed by atoms with Gasteiger partial charge in [-0.3, -0.25) is 0 Å². The van der Waals surface area contributed by atoms with E-state index in [1.54, 1.807) is 0 Å². The maximum Gasteiger partial charge on any atom is 0.337 e. The first-order valence-corrected chi connectivity index (χ1v) is 8.50. The number of methoxy groups -OCH3 is 1. The summed E-state index contributed by atoms with van der Waals surface area (Å²) >= 11 is 0. The van der Waals surface area contributed by atoms with Crippen LogP contribution in [0.25, 0.3) is 10.9 Å². The first-order valence-electron chi connectivity index (χ1n) is 8.50. The number of esters is 1. The van der Waals surface area contributed by atoms with Gasteiger partial charge in [-0.2, -0.15) is 0 Å². The molecule has 0 atom stereocenters. The Labute approximate surface area is 137 Å². The Bertz CT molecular complexity index is 656. The van der Waals surface area contributed by atoms with E-state index in [-0.39, 0.29) is 5.97 Å². The summed E-state index contributed by atoms with van der Waals surface area (Å²) in [4.78, 5) is 17.5. The van der Waals surface area contributed by atoms with Gasteiger partial charge in [0.1, 0.15) is 0 Å². The lowest BCUT2D eigenvalue weighted by Crippen LogP contribution is -2.30. The van der Waals surface area contributed by atoms with Crippen LogP contribution in [0.3, 0.4) is 0 Å². The Morgan fingerprint density at radius 3 is 2.87 bits per heavy atom. The number of fused-ring (bicyclic) bond motifs is 1. The summed E-state index contributed by atoms with van der Waals surface area (Å²) in [7, 11) is 1.42. The van der Waals surface area contributed by atoms with Gasteiger partial charge in [-0.25, -0.2) is 4.79 Å². The lowest BCUT2D eigenvalue weighted by Gasteiger charge is -2.26. The molecule has 1 saturated heterocycles. The van der Waals surface area contributed by atoms with Crippen LogP contribution in [0.4, 0.5) is 0 Å². The molecular formula is C19H25N2O2. The smallest absolute Gasteiger partial charge is 0.337 e. The van der Waals surface area contributed by atoms with Gasteiger partial charge < -0.3 is 14.6 Å². The normalized spacial score (nSPS) is 15.9. The molecule has 1 N–H and O–H groups in total. The van der Waals surface area contributed by atoms with E-state index in [2.05, 4.69) is 22.5 Å². The first kappa shape index (κ1) is 16.1. The van der Waals surface area contributed by atoms with Crippen LogP contribution in [0.15, 0.2) is 24.4 Å². The molecule has 0 unspecified atom stereocenters. The lowest BCUT2D eigenvalue weighted by molar-refractivity contribution is 0.0601. The van der Waals surface area contributed by atoms with Crippen molar-refractivity contribution in [1.82, 2.24) is 9.88 Å². The van der Waals surface area contributed by atoms with Gasteiger partial charge in [0.2, 0.25) is 0 Å². The lowest BCUT2D eigenvalue weighted by atomic mass is 10.0. The predicted octanol–water partition coefficient (Wildman–Crippen LogP) is 3.58. The van der Waals surface area contributed by atoms with E-state index in [9.17, 15) is 4.79 Å². The van der Waals surface area contributed by atoms with Gasteiger partial charge in [0, 0.05) is 17.1 Å². The number of H-pyrrole nitrogens is 1. The Morgan fingerprint density at radius 2 is 2.09 bits per heavy atom. The Balaban J connectivity index is 1.57. The van der Waals surface area contributed by atoms with Crippen LogP contribution in [-0.4, -0.2) is 42.6 Å². The molecule has 23 heavy (non-hydrogen) atoms. The molecule has 1 aromatic carbocycles. The molecule has 1 aliphatic rings. The number of rotatable bonds is 6. The summed E-state index contributed by atoms with van der Waals surface area (Å²) in [5.41, 5.74) is 2.99. The summed E-state index contributed by atoms with van der Waals surface area (Å²) in [6.07, 6.45) is 10.4. The number of aromatic amines is 1. The highest BCUT2D eigenvalue weighted by molar-refractivity contribution is 5.95. The van der Waals surface area contributed by atoms with Crippen LogP contribution >= 0.6 is 0 Å². The molecule has 0 bridgehead atoms. The zero-order chi connectivity index (χ0) is 16.1. The largest absolute Gasteiger partial charge is 0.465 e.